The van der Waals surface area contributed by atoms with Crippen LogP contribution >= 0.6 is 11.6 Å². The minimum atomic E-state index is -0.620. The molecule has 0 bridgehead atoms. The smallest absolute Gasteiger partial charge is 0.272 e. The van der Waals surface area contributed by atoms with Gasteiger partial charge in [-0.05, 0) is 12.1 Å². The topological polar surface area (TPSA) is 85.2 Å². The van der Waals surface area contributed by atoms with E-state index in [1.165, 1.54) is 32.1 Å². The first kappa shape index (κ1) is 17.0. The maximum absolute atomic E-state index is 12.2. The molecule has 0 aliphatic rings. The second-order valence-corrected chi connectivity index (χ2v) is 5.08. The number of carbonyl (C=O) groups is 2. The van der Waals surface area contributed by atoms with Gasteiger partial charge in [0, 0.05) is 31.8 Å². The van der Waals surface area contributed by atoms with E-state index in [1.54, 1.807) is 24.3 Å². The number of halogens is 1. The highest BCUT2D eigenvalue weighted by molar-refractivity contribution is 6.30. The summed E-state index contributed by atoms with van der Waals surface area (Å²) < 4.78 is 7.00. The van der Waals surface area contributed by atoms with Crippen molar-refractivity contribution in [1.82, 2.24) is 20.2 Å². The molecule has 23 heavy (non-hydrogen) atoms. The quantitative estimate of drug-likeness (QED) is 0.865. The van der Waals surface area contributed by atoms with E-state index in [-0.39, 0.29) is 11.4 Å². The van der Waals surface area contributed by atoms with Crippen molar-refractivity contribution >= 4 is 23.4 Å². The maximum atomic E-state index is 12.2. The molecular formula is C15H17ClN4O3. The van der Waals surface area contributed by atoms with E-state index < -0.39 is 18.0 Å². The molecule has 0 spiro atoms. The first-order valence-electron chi connectivity index (χ1n) is 6.82. The number of carbonyl (C=O) groups excluding carboxylic acids is 2. The van der Waals surface area contributed by atoms with Gasteiger partial charge in [-0.3, -0.25) is 14.2 Å². The number of hydrogen-bond donors (Lipinski definition) is 2. The van der Waals surface area contributed by atoms with Gasteiger partial charge >= 0.3 is 0 Å². The molecule has 0 aliphatic carbocycles. The van der Waals surface area contributed by atoms with Gasteiger partial charge in [0.25, 0.3) is 11.8 Å². The number of nitrogens with one attached hydrogen (secondary N) is 2. The van der Waals surface area contributed by atoms with E-state index in [4.69, 9.17) is 16.3 Å². The molecule has 1 atom stereocenters. The van der Waals surface area contributed by atoms with E-state index in [0.29, 0.717) is 5.02 Å². The number of benzene rings is 1. The van der Waals surface area contributed by atoms with Crippen molar-refractivity contribution in [3.05, 3.63) is 52.6 Å². The third-order valence-electron chi connectivity index (χ3n) is 3.31. The van der Waals surface area contributed by atoms with Crippen LogP contribution in [0, 0.1) is 0 Å². The lowest BCUT2D eigenvalue weighted by molar-refractivity contribution is 0.0715. The summed E-state index contributed by atoms with van der Waals surface area (Å²) in [4.78, 5) is 28.2. The van der Waals surface area contributed by atoms with Crippen molar-refractivity contribution in [2.45, 2.75) is 6.23 Å². The van der Waals surface area contributed by atoms with Crippen molar-refractivity contribution in [1.29, 1.82) is 0 Å². The molecule has 7 nitrogen and oxygen atoms in total. The molecule has 0 saturated carbocycles. The van der Waals surface area contributed by atoms with Crippen LogP contribution in [0.25, 0.3) is 0 Å². The lowest BCUT2D eigenvalue weighted by atomic mass is 10.2. The molecule has 1 unspecified atom stereocenters. The molecule has 2 N–H and O–H groups in total. The summed E-state index contributed by atoms with van der Waals surface area (Å²) in [7, 11) is 4.46. The zero-order chi connectivity index (χ0) is 17.0. The van der Waals surface area contributed by atoms with Crippen LogP contribution in [0.5, 0.6) is 0 Å². The predicted molar refractivity (Wildman–Crippen MR) is 85.6 cm³/mol. The number of nitrogens with zero attached hydrogens (tertiary/aromatic N) is 2. The van der Waals surface area contributed by atoms with Crippen LogP contribution < -0.4 is 10.6 Å². The molecular weight excluding hydrogens is 320 g/mol. The summed E-state index contributed by atoms with van der Waals surface area (Å²) in [6, 6.07) is 7.01. The molecule has 1 heterocycles. The number of aromatic nitrogens is 2. The Morgan fingerprint density at radius 2 is 1.78 bits per heavy atom. The Labute approximate surface area is 138 Å². The van der Waals surface area contributed by atoms with Gasteiger partial charge in [0.05, 0.1) is 6.33 Å². The predicted octanol–water partition coefficient (Wildman–Crippen LogP) is 1.45. The number of imidazole rings is 1. The molecule has 122 valence electrons. The standard InChI is InChI=1S/C15H17ClN4O3/c1-17-13(21)11-12(14(22)18-2)20(8-19-11)15(23-3)9-4-6-10(16)7-5-9/h4-8,15H,1-3H3,(H,17,21)(H,18,22). The van der Waals surface area contributed by atoms with Crippen molar-refractivity contribution in [3.8, 4) is 0 Å². The van der Waals surface area contributed by atoms with Gasteiger partial charge < -0.3 is 15.4 Å². The zero-order valence-corrected chi connectivity index (χ0v) is 13.7. The van der Waals surface area contributed by atoms with E-state index in [1.807, 2.05) is 0 Å². The molecule has 8 heteroatoms. The van der Waals surface area contributed by atoms with Gasteiger partial charge in [0.15, 0.2) is 11.9 Å². The summed E-state index contributed by atoms with van der Waals surface area (Å²) in [5, 5.41) is 5.56. The summed E-state index contributed by atoms with van der Waals surface area (Å²) in [5.41, 5.74) is 0.916. The summed E-state index contributed by atoms with van der Waals surface area (Å²) in [6.45, 7) is 0. The van der Waals surface area contributed by atoms with Crippen molar-refractivity contribution in [2.75, 3.05) is 21.2 Å². The Bertz CT molecular complexity index is 712. The minimum absolute atomic E-state index is 0.0304. The average Bonchev–Trinajstić information content (AvgIpc) is 3.00. The van der Waals surface area contributed by atoms with Crippen LogP contribution in [0.1, 0.15) is 32.8 Å². The number of methoxy groups -OCH3 is 1. The second-order valence-electron chi connectivity index (χ2n) is 4.65. The monoisotopic (exact) mass is 336 g/mol. The van der Waals surface area contributed by atoms with Gasteiger partial charge in [-0.15, -0.1) is 0 Å². The summed E-state index contributed by atoms with van der Waals surface area (Å²) in [6.07, 6.45) is 0.781. The average molecular weight is 337 g/mol. The highest BCUT2D eigenvalue weighted by Crippen LogP contribution is 2.24. The Morgan fingerprint density at radius 1 is 1.17 bits per heavy atom. The fourth-order valence-corrected chi connectivity index (χ4v) is 2.33. The van der Waals surface area contributed by atoms with Gasteiger partial charge in [-0.2, -0.15) is 0 Å². The van der Waals surface area contributed by atoms with Gasteiger partial charge in [-0.25, -0.2) is 4.98 Å². The SMILES string of the molecule is CNC(=O)c1ncn(C(OC)c2ccc(Cl)cc2)c1C(=O)NC. The summed E-state index contributed by atoms with van der Waals surface area (Å²) >= 11 is 5.90. The van der Waals surface area contributed by atoms with Crippen molar-refractivity contribution in [2.24, 2.45) is 0 Å². The van der Waals surface area contributed by atoms with Crippen LogP contribution in [0.3, 0.4) is 0 Å². The van der Waals surface area contributed by atoms with Crippen LogP contribution in [0.2, 0.25) is 5.02 Å². The van der Waals surface area contributed by atoms with E-state index in [2.05, 4.69) is 15.6 Å². The van der Waals surface area contributed by atoms with Crippen LogP contribution in [-0.4, -0.2) is 42.6 Å². The zero-order valence-electron chi connectivity index (χ0n) is 13.0. The first-order valence-corrected chi connectivity index (χ1v) is 7.20. The molecule has 0 saturated heterocycles. The molecule has 1 aromatic carbocycles. The number of amides is 2. The molecule has 2 rings (SSSR count). The second kappa shape index (κ2) is 7.26. The first-order chi connectivity index (χ1) is 11.0. The molecule has 0 radical (unpaired) electrons. The minimum Gasteiger partial charge on any atom is -0.357 e. The molecule has 1 aromatic heterocycles. The van der Waals surface area contributed by atoms with Crippen LogP contribution in [-0.2, 0) is 4.74 Å². The molecule has 2 amide bonds. The van der Waals surface area contributed by atoms with Crippen molar-refractivity contribution in [3.63, 3.8) is 0 Å². The third kappa shape index (κ3) is 3.35. The molecule has 2 aromatic rings. The van der Waals surface area contributed by atoms with Crippen LogP contribution in [0.4, 0.5) is 0 Å². The number of hydrogen-bond acceptors (Lipinski definition) is 4. The largest absolute Gasteiger partial charge is 0.357 e. The lowest BCUT2D eigenvalue weighted by Crippen LogP contribution is -2.29. The Hall–Kier alpha value is -2.38. The highest BCUT2D eigenvalue weighted by atomic mass is 35.5. The van der Waals surface area contributed by atoms with E-state index in [9.17, 15) is 9.59 Å². The normalized spacial score (nSPS) is 11.8. The fourth-order valence-electron chi connectivity index (χ4n) is 2.20. The Balaban J connectivity index is 2.56. The molecule has 0 aliphatic heterocycles. The maximum Gasteiger partial charge on any atom is 0.272 e. The van der Waals surface area contributed by atoms with Gasteiger partial charge in [0.2, 0.25) is 0 Å². The lowest BCUT2D eigenvalue weighted by Gasteiger charge is -2.19. The third-order valence-corrected chi connectivity index (χ3v) is 3.56. The van der Waals surface area contributed by atoms with Crippen molar-refractivity contribution < 1.29 is 14.3 Å². The van der Waals surface area contributed by atoms with E-state index >= 15 is 0 Å². The Morgan fingerprint density at radius 3 is 2.30 bits per heavy atom. The molecule has 0 fully saturated rings. The van der Waals surface area contributed by atoms with Gasteiger partial charge in [0.1, 0.15) is 5.69 Å². The highest BCUT2D eigenvalue weighted by Gasteiger charge is 2.27. The number of rotatable bonds is 5. The van der Waals surface area contributed by atoms with Crippen LogP contribution in [0.15, 0.2) is 30.6 Å². The number of ether oxygens (including phenoxy) is 1. The fraction of sp³-hybridized carbons (Fsp3) is 0.267. The Kier molecular flexibility index (Phi) is 5.36. The summed E-state index contributed by atoms with van der Waals surface area (Å²) in [5.74, 6) is -0.884. The van der Waals surface area contributed by atoms with Gasteiger partial charge in [-0.1, -0.05) is 23.7 Å². The van der Waals surface area contributed by atoms with E-state index in [0.717, 1.165) is 5.56 Å².